The Hall–Kier alpha value is -1.22. The molecule has 3 heteroatoms. The molecule has 1 aromatic carbocycles. The van der Waals surface area contributed by atoms with Gasteiger partial charge in [0.2, 0.25) is 5.91 Å². The summed E-state index contributed by atoms with van der Waals surface area (Å²) in [5.41, 5.74) is 0. The van der Waals surface area contributed by atoms with Crippen LogP contribution in [0.2, 0.25) is 0 Å². The molecule has 2 rings (SSSR count). The highest BCUT2D eigenvalue weighted by molar-refractivity contribution is 7.98. The molecule has 1 aliphatic rings. The summed E-state index contributed by atoms with van der Waals surface area (Å²) in [5.74, 6) is 0.661. The maximum absolute atomic E-state index is 11.6. The minimum Gasteiger partial charge on any atom is -0.296 e. The predicted octanol–water partition coefficient (Wildman–Crippen LogP) is 2.63. The molecule has 0 heterocycles. The number of nitrogens with one attached hydrogen (secondary N) is 1. The molecule has 0 bridgehead atoms. The minimum absolute atomic E-state index is 0.119. The zero-order chi connectivity index (χ0) is 10.7. The van der Waals surface area contributed by atoms with Gasteiger partial charge in [-0.15, -0.1) is 6.58 Å². The Kier molecular flexibility index (Phi) is 3.11. The number of rotatable bonds is 4. The third-order valence-electron chi connectivity index (χ3n) is 2.49. The zero-order valence-electron chi connectivity index (χ0n) is 8.35. The molecule has 1 aromatic rings. The van der Waals surface area contributed by atoms with Gasteiger partial charge in [0.05, 0.1) is 0 Å². The minimum atomic E-state index is 0.119. The van der Waals surface area contributed by atoms with Crippen LogP contribution in [0.4, 0.5) is 0 Å². The van der Waals surface area contributed by atoms with Crippen LogP contribution in [0.15, 0.2) is 47.9 Å². The van der Waals surface area contributed by atoms with Gasteiger partial charge in [0.15, 0.2) is 0 Å². The average molecular weight is 219 g/mol. The van der Waals surface area contributed by atoms with Crippen LogP contribution in [-0.2, 0) is 4.79 Å². The van der Waals surface area contributed by atoms with Crippen molar-refractivity contribution in [2.45, 2.75) is 11.3 Å². The van der Waals surface area contributed by atoms with Crippen LogP contribution < -0.4 is 4.72 Å². The number of benzene rings is 1. The normalized spacial score (nSPS) is 23.2. The molecule has 0 aliphatic heterocycles. The summed E-state index contributed by atoms with van der Waals surface area (Å²) in [4.78, 5) is 12.6. The second kappa shape index (κ2) is 4.53. The van der Waals surface area contributed by atoms with E-state index in [9.17, 15) is 4.79 Å². The lowest BCUT2D eigenvalue weighted by molar-refractivity contribution is -0.120. The quantitative estimate of drug-likeness (QED) is 0.623. The number of hydrogen-bond donors (Lipinski definition) is 1. The SMILES string of the molecule is C=CC1CC1C(=O)NSc1ccccc1. The van der Waals surface area contributed by atoms with E-state index in [1.54, 1.807) is 0 Å². The fourth-order valence-electron chi connectivity index (χ4n) is 1.45. The van der Waals surface area contributed by atoms with Gasteiger partial charge in [-0.3, -0.25) is 9.52 Å². The van der Waals surface area contributed by atoms with Crippen molar-refractivity contribution in [3.63, 3.8) is 0 Å². The summed E-state index contributed by atoms with van der Waals surface area (Å²) in [5, 5.41) is 0. The smallest absolute Gasteiger partial charge is 0.233 e. The molecule has 15 heavy (non-hydrogen) atoms. The predicted molar refractivity (Wildman–Crippen MR) is 62.2 cm³/mol. The van der Waals surface area contributed by atoms with E-state index >= 15 is 0 Å². The van der Waals surface area contributed by atoms with E-state index in [0.29, 0.717) is 5.92 Å². The van der Waals surface area contributed by atoms with Crippen molar-refractivity contribution in [2.24, 2.45) is 11.8 Å². The number of hydrogen-bond acceptors (Lipinski definition) is 2. The van der Waals surface area contributed by atoms with Crippen LogP contribution in [0.25, 0.3) is 0 Å². The number of amides is 1. The lowest BCUT2D eigenvalue weighted by Crippen LogP contribution is -2.18. The summed E-state index contributed by atoms with van der Waals surface area (Å²) < 4.78 is 2.86. The Bertz CT molecular complexity index is 363. The largest absolute Gasteiger partial charge is 0.296 e. The molecule has 78 valence electrons. The van der Waals surface area contributed by atoms with Crippen molar-refractivity contribution in [1.29, 1.82) is 0 Å². The third kappa shape index (κ3) is 2.63. The number of allylic oxidation sites excluding steroid dienone is 1. The molecule has 0 radical (unpaired) electrons. The molecule has 1 aliphatic carbocycles. The highest BCUT2D eigenvalue weighted by atomic mass is 32.2. The highest BCUT2D eigenvalue weighted by Gasteiger charge is 2.40. The number of carbonyl (C=O) groups excluding carboxylic acids is 1. The van der Waals surface area contributed by atoms with Crippen molar-refractivity contribution in [3.8, 4) is 0 Å². The van der Waals surface area contributed by atoms with Crippen molar-refractivity contribution in [3.05, 3.63) is 43.0 Å². The van der Waals surface area contributed by atoms with Crippen molar-refractivity contribution < 1.29 is 4.79 Å². The summed E-state index contributed by atoms with van der Waals surface area (Å²) in [6.07, 6.45) is 2.81. The van der Waals surface area contributed by atoms with E-state index in [1.165, 1.54) is 11.9 Å². The van der Waals surface area contributed by atoms with E-state index in [0.717, 1.165) is 11.3 Å². The van der Waals surface area contributed by atoms with E-state index in [1.807, 2.05) is 36.4 Å². The van der Waals surface area contributed by atoms with Crippen LogP contribution in [0.1, 0.15) is 6.42 Å². The first-order valence-corrected chi connectivity index (χ1v) is 5.77. The summed E-state index contributed by atoms with van der Waals surface area (Å²) in [6.45, 7) is 3.69. The van der Waals surface area contributed by atoms with Crippen LogP contribution in [0.3, 0.4) is 0 Å². The third-order valence-corrected chi connectivity index (χ3v) is 3.30. The highest BCUT2D eigenvalue weighted by Crippen LogP contribution is 2.39. The Balaban J connectivity index is 1.79. The fraction of sp³-hybridized carbons (Fsp3) is 0.250. The van der Waals surface area contributed by atoms with Gasteiger partial charge in [-0.1, -0.05) is 24.3 Å². The van der Waals surface area contributed by atoms with Gasteiger partial charge >= 0.3 is 0 Å². The van der Waals surface area contributed by atoms with Crippen LogP contribution >= 0.6 is 11.9 Å². The van der Waals surface area contributed by atoms with Gasteiger partial charge in [-0.25, -0.2) is 0 Å². The van der Waals surface area contributed by atoms with Crippen LogP contribution in [0.5, 0.6) is 0 Å². The zero-order valence-corrected chi connectivity index (χ0v) is 9.17. The van der Waals surface area contributed by atoms with Crippen LogP contribution in [0, 0.1) is 11.8 Å². The molecule has 1 saturated carbocycles. The first kappa shape index (κ1) is 10.3. The Morgan fingerprint density at radius 3 is 2.80 bits per heavy atom. The maximum Gasteiger partial charge on any atom is 0.233 e. The Morgan fingerprint density at radius 1 is 1.47 bits per heavy atom. The Morgan fingerprint density at radius 2 is 2.20 bits per heavy atom. The first-order chi connectivity index (χ1) is 7.31. The topological polar surface area (TPSA) is 29.1 Å². The summed E-state index contributed by atoms with van der Waals surface area (Å²) in [6, 6.07) is 9.82. The molecule has 0 spiro atoms. The monoisotopic (exact) mass is 219 g/mol. The van der Waals surface area contributed by atoms with E-state index in [2.05, 4.69) is 11.3 Å². The molecular weight excluding hydrogens is 206 g/mol. The van der Waals surface area contributed by atoms with E-state index < -0.39 is 0 Å². The van der Waals surface area contributed by atoms with Gasteiger partial charge in [-0.05, 0) is 36.4 Å². The Labute approximate surface area is 93.9 Å². The second-order valence-electron chi connectivity index (χ2n) is 3.62. The number of carbonyl (C=O) groups is 1. The summed E-state index contributed by atoms with van der Waals surface area (Å²) in [7, 11) is 0. The van der Waals surface area contributed by atoms with Crippen LogP contribution in [-0.4, -0.2) is 5.91 Å². The molecule has 2 atom stereocenters. The summed E-state index contributed by atoms with van der Waals surface area (Å²) >= 11 is 1.38. The fourth-order valence-corrected chi connectivity index (χ4v) is 2.11. The average Bonchev–Trinajstić information content (AvgIpc) is 3.06. The molecule has 2 unspecified atom stereocenters. The molecular formula is C12H13NOS. The molecule has 1 amide bonds. The van der Waals surface area contributed by atoms with Gasteiger partial charge in [0, 0.05) is 10.8 Å². The molecule has 2 nitrogen and oxygen atoms in total. The van der Waals surface area contributed by atoms with Gasteiger partial charge in [-0.2, -0.15) is 0 Å². The van der Waals surface area contributed by atoms with Crippen molar-refractivity contribution >= 4 is 17.9 Å². The second-order valence-corrected chi connectivity index (χ2v) is 4.50. The molecule has 0 aromatic heterocycles. The van der Waals surface area contributed by atoms with Crippen molar-refractivity contribution in [2.75, 3.05) is 0 Å². The maximum atomic E-state index is 11.6. The molecule has 1 N–H and O–H groups in total. The first-order valence-electron chi connectivity index (χ1n) is 4.95. The lowest BCUT2D eigenvalue weighted by atomic mass is 10.3. The van der Waals surface area contributed by atoms with Crippen molar-refractivity contribution in [1.82, 2.24) is 4.72 Å². The van der Waals surface area contributed by atoms with Gasteiger partial charge < -0.3 is 0 Å². The molecule has 0 saturated heterocycles. The van der Waals surface area contributed by atoms with Gasteiger partial charge in [0.25, 0.3) is 0 Å². The van der Waals surface area contributed by atoms with E-state index in [-0.39, 0.29) is 11.8 Å². The molecule has 1 fully saturated rings. The standard InChI is InChI=1S/C12H13NOS/c1-2-9-8-11(9)12(14)13-15-10-6-4-3-5-7-10/h2-7,9,11H,1,8H2,(H,13,14). The van der Waals surface area contributed by atoms with Gasteiger partial charge in [0.1, 0.15) is 0 Å². The van der Waals surface area contributed by atoms with E-state index in [4.69, 9.17) is 0 Å². The lowest BCUT2D eigenvalue weighted by Gasteiger charge is -2.02.